The van der Waals surface area contributed by atoms with Gasteiger partial charge in [0.25, 0.3) is 0 Å². The molecule has 0 aromatic heterocycles. The number of sulfone groups is 1. The standard InChI is InChI=1S/C14H23NO3S/c1-11(2)15-9-12(3)10-18-13-6-5-7-14(8-13)19(4,16)17/h5-8,11-12,15H,9-10H2,1-4H3. The van der Waals surface area contributed by atoms with E-state index in [0.29, 0.717) is 24.3 Å². The first kappa shape index (κ1) is 16.0. The normalized spacial score (nSPS) is 13.5. The van der Waals surface area contributed by atoms with Crippen molar-refractivity contribution in [1.29, 1.82) is 0 Å². The fraction of sp³-hybridized carbons (Fsp3) is 0.571. The van der Waals surface area contributed by atoms with E-state index in [4.69, 9.17) is 4.74 Å². The topological polar surface area (TPSA) is 55.4 Å². The summed E-state index contributed by atoms with van der Waals surface area (Å²) < 4.78 is 28.5. The Hall–Kier alpha value is -1.07. The summed E-state index contributed by atoms with van der Waals surface area (Å²) in [6.07, 6.45) is 1.20. The van der Waals surface area contributed by atoms with Crippen LogP contribution in [0, 0.1) is 5.92 Å². The predicted molar refractivity (Wildman–Crippen MR) is 77.3 cm³/mol. The maximum Gasteiger partial charge on any atom is 0.175 e. The van der Waals surface area contributed by atoms with Crippen molar-refractivity contribution in [2.24, 2.45) is 5.92 Å². The van der Waals surface area contributed by atoms with Crippen LogP contribution in [0.25, 0.3) is 0 Å². The van der Waals surface area contributed by atoms with Gasteiger partial charge in [-0.3, -0.25) is 0 Å². The number of hydrogen-bond acceptors (Lipinski definition) is 4. The second-order valence-electron chi connectivity index (χ2n) is 5.23. The van der Waals surface area contributed by atoms with Gasteiger partial charge in [-0.1, -0.05) is 26.8 Å². The largest absolute Gasteiger partial charge is 0.493 e. The quantitative estimate of drug-likeness (QED) is 0.833. The predicted octanol–water partition coefficient (Wildman–Crippen LogP) is 2.10. The molecule has 0 aliphatic heterocycles. The fourth-order valence-corrected chi connectivity index (χ4v) is 2.18. The molecule has 108 valence electrons. The van der Waals surface area contributed by atoms with Gasteiger partial charge in [-0.25, -0.2) is 8.42 Å². The summed E-state index contributed by atoms with van der Waals surface area (Å²) in [5, 5.41) is 3.34. The van der Waals surface area contributed by atoms with E-state index in [2.05, 4.69) is 26.1 Å². The fourth-order valence-electron chi connectivity index (χ4n) is 1.53. The Morgan fingerprint density at radius 2 is 1.95 bits per heavy atom. The summed E-state index contributed by atoms with van der Waals surface area (Å²) in [4.78, 5) is 0.290. The van der Waals surface area contributed by atoms with Crippen LogP contribution in [0.3, 0.4) is 0 Å². The molecule has 0 saturated carbocycles. The van der Waals surface area contributed by atoms with Crippen molar-refractivity contribution >= 4 is 9.84 Å². The molecular formula is C14H23NO3S. The number of ether oxygens (including phenoxy) is 1. The molecule has 0 heterocycles. The zero-order valence-corrected chi connectivity index (χ0v) is 12.8. The molecule has 0 amide bonds. The van der Waals surface area contributed by atoms with Crippen molar-refractivity contribution in [3.05, 3.63) is 24.3 Å². The molecule has 1 atom stereocenters. The lowest BCUT2D eigenvalue weighted by atomic mass is 10.2. The van der Waals surface area contributed by atoms with Crippen molar-refractivity contribution in [3.8, 4) is 5.75 Å². The molecule has 0 fully saturated rings. The van der Waals surface area contributed by atoms with Gasteiger partial charge < -0.3 is 10.1 Å². The smallest absolute Gasteiger partial charge is 0.175 e. The van der Waals surface area contributed by atoms with E-state index >= 15 is 0 Å². The highest BCUT2D eigenvalue weighted by atomic mass is 32.2. The van der Waals surface area contributed by atoms with Gasteiger partial charge >= 0.3 is 0 Å². The van der Waals surface area contributed by atoms with Crippen LogP contribution < -0.4 is 10.1 Å². The summed E-state index contributed by atoms with van der Waals surface area (Å²) in [6, 6.07) is 7.07. The summed E-state index contributed by atoms with van der Waals surface area (Å²) in [7, 11) is -3.18. The molecule has 4 nitrogen and oxygen atoms in total. The third-order valence-electron chi connectivity index (χ3n) is 2.64. The van der Waals surface area contributed by atoms with Crippen LogP contribution in [0.15, 0.2) is 29.2 Å². The van der Waals surface area contributed by atoms with Crippen molar-refractivity contribution in [2.75, 3.05) is 19.4 Å². The van der Waals surface area contributed by atoms with E-state index in [0.717, 1.165) is 6.54 Å². The molecule has 1 unspecified atom stereocenters. The first-order valence-electron chi connectivity index (χ1n) is 6.45. The van der Waals surface area contributed by atoms with Gasteiger partial charge in [0.05, 0.1) is 11.5 Å². The number of rotatable bonds is 7. The minimum absolute atomic E-state index is 0.290. The molecule has 19 heavy (non-hydrogen) atoms. The van der Waals surface area contributed by atoms with Crippen molar-refractivity contribution < 1.29 is 13.2 Å². The van der Waals surface area contributed by atoms with E-state index < -0.39 is 9.84 Å². The lowest BCUT2D eigenvalue weighted by Crippen LogP contribution is -2.30. The first-order chi connectivity index (χ1) is 8.79. The lowest BCUT2D eigenvalue weighted by molar-refractivity contribution is 0.252. The minimum Gasteiger partial charge on any atom is -0.493 e. The van der Waals surface area contributed by atoms with Crippen LogP contribution in [0.5, 0.6) is 5.75 Å². The van der Waals surface area contributed by atoms with Crippen molar-refractivity contribution in [1.82, 2.24) is 5.32 Å². The SMILES string of the molecule is CC(CNC(C)C)COc1cccc(S(C)(=O)=O)c1. The summed E-state index contributed by atoms with van der Waals surface area (Å²) >= 11 is 0. The Bertz CT molecular complexity index is 497. The van der Waals surface area contributed by atoms with E-state index in [1.165, 1.54) is 6.26 Å². The Morgan fingerprint density at radius 1 is 1.26 bits per heavy atom. The van der Waals surface area contributed by atoms with Crippen LogP contribution >= 0.6 is 0 Å². The van der Waals surface area contributed by atoms with Gasteiger partial charge in [0.1, 0.15) is 5.75 Å². The molecule has 0 aliphatic rings. The van der Waals surface area contributed by atoms with Gasteiger partial charge in [0.2, 0.25) is 0 Å². The summed E-state index contributed by atoms with van der Waals surface area (Å²) in [5.41, 5.74) is 0. The second kappa shape index (κ2) is 6.91. The van der Waals surface area contributed by atoms with E-state index in [1.807, 2.05) is 0 Å². The Morgan fingerprint density at radius 3 is 2.53 bits per heavy atom. The van der Waals surface area contributed by atoms with E-state index in [9.17, 15) is 8.42 Å². The molecule has 0 saturated heterocycles. The molecule has 1 rings (SSSR count). The van der Waals surface area contributed by atoms with Crippen LogP contribution in [-0.4, -0.2) is 33.9 Å². The number of nitrogens with one attached hydrogen (secondary N) is 1. The Balaban J connectivity index is 2.54. The molecule has 0 spiro atoms. The molecule has 0 aliphatic carbocycles. The second-order valence-corrected chi connectivity index (χ2v) is 7.24. The van der Waals surface area contributed by atoms with Crippen LogP contribution in [0.4, 0.5) is 0 Å². The zero-order chi connectivity index (χ0) is 14.5. The monoisotopic (exact) mass is 285 g/mol. The van der Waals surface area contributed by atoms with E-state index in [1.54, 1.807) is 24.3 Å². The van der Waals surface area contributed by atoms with Gasteiger partial charge in [-0.2, -0.15) is 0 Å². The van der Waals surface area contributed by atoms with Crippen molar-refractivity contribution in [3.63, 3.8) is 0 Å². The van der Waals surface area contributed by atoms with Crippen LogP contribution in [-0.2, 0) is 9.84 Å². The molecular weight excluding hydrogens is 262 g/mol. The van der Waals surface area contributed by atoms with Crippen LogP contribution in [0.2, 0.25) is 0 Å². The Labute approximate surface area is 116 Å². The van der Waals surface area contributed by atoms with Crippen molar-refractivity contribution in [2.45, 2.75) is 31.7 Å². The third kappa shape index (κ3) is 6.07. The van der Waals surface area contributed by atoms with Gasteiger partial charge in [0, 0.05) is 24.8 Å². The van der Waals surface area contributed by atoms with Gasteiger partial charge in [0.15, 0.2) is 9.84 Å². The maximum atomic E-state index is 11.4. The zero-order valence-electron chi connectivity index (χ0n) is 12.0. The summed E-state index contributed by atoms with van der Waals surface area (Å²) in [5.74, 6) is 0.962. The van der Waals surface area contributed by atoms with E-state index in [-0.39, 0.29) is 4.90 Å². The highest BCUT2D eigenvalue weighted by molar-refractivity contribution is 7.90. The number of hydrogen-bond donors (Lipinski definition) is 1. The van der Waals surface area contributed by atoms with Gasteiger partial charge in [-0.15, -0.1) is 0 Å². The average molecular weight is 285 g/mol. The first-order valence-corrected chi connectivity index (χ1v) is 8.34. The Kier molecular flexibility index (Phi) is 5.82. The molecule has 5 heteroatoms. The molecule has 0 radical (unpaired) electrons. The average Bonchev–Trinajstić information content (AvgIpc) is 2.33. The molecule has 1 aromatic rings. The highest BCUT2D eigenvalue weighted by Gasteiger charge is 2.09. The maximum absolute atomic E-state index is 11.4. The lowest BCUT2D eigenvalue weighted by Gasteiger charge is -2.16. The summed E-state index contributed by atoms with van der Waals surface area (Å²) in [6.45, 7) is 7.73. The molecule has 1 aromatic carbocycles. The number of benzene rings is 1. The van der Waals surface area contributed by atoms with Gasteiger partial charge in [-0.05, 0) is 18.2 Å². The highest BCUT2D eigenvalue weighted by Crippen LogP contribution is 2.17. The minimum atomic E-state index is -3.18. The molecule has 0 bridgehead atoms. The molecule has 1 N–H and O–H groups in total. The third-order valence-corrected chi connectivity index (χ3v) is 3.75. The van der Waals surface area contributed by atoms with Crippen LogP contribution in [0.1, 0.15) is 20.8 Å².